The van der Waals surface area contributed by atoms with Gasteiger partial charge in [-0.05, 0) is 59.3 Å². The van der Waals surface area contributed by atoms with Crippen LogP contribution < -0.4 is 0 Å². The molecule has 1 aliphatic heterocycles. The summed E-state index contributed by atoms with van der Waals surface area (Å²) < 4.78 is 4.92. The minimum absolute atomic E-state index is 0.853. The van der Waals surface area contributed by atoms with Crippen LogP contribution in [0.1, 0.15) is 5.56 Å². The van der Waals surface area contributed by atoms with E-state index in [2.05, 4.69) is 135 Å². The molecule has 9 rings (SSSR count). The Morgan fingerprint density at radius 3 is 2.23 bits per heavy atom. The third-order valence-electron chi connectivity index (χ3n) is 8.34. The summed E-state index contributed by atoms with van der Waals surface area (Å²) in [7, 11) is 0. The molecule has 2 aromatic heterocycles. The van der Waals surface area contributed by atoms with Crippen molar-refractivity contribution in [3.05, 3.63) is 127 Å². The lowest BCUT2D eigenvalue weighted by Crippen LogP contribution is -1.99. The van der Waals surface area contributed by atoms with Crippen molar-refractivity contribution >= 4 is 66.3 Å². The molecule has 6 aromatic carbocycles. The lowest BCUT2D eigenvalue weighted by atomic mass is 10.0. The van der Waals surface area contributed by atoms with Gasteiger partial charge in [0, 0.05) is 45.4 Å². The fourth-order valence-electron chi connectivity index (χ4n) is 6.69. The Morgan fingerprint density at radius 1 is 0.538 bits per heavy atom. The first kappa shape index (κ1) is 20.9. The molecule has 3 heterocycles. The molecule has 0 atom stereocenters. The van der Waals surface area contributed by atoms with Gasteiger partial charge in [0.15, 0.2) is 0 Å². The average molecular weight is 498 g/mol. The van der Waals surface area contributed by atoms with Crippen molar-refractivity contribution in [2.75, 3.05) is 0 Å². The Balaban J connectivity index is 1.56. The zero-order valence-electron chi connectivity index (χ0n) is 21.2. The maximum Gasteiger partial charge on any atom is 0.0682 e. The van der Waals surface area contributed by atoms with Crippen LogP contribution in [0.5, 0.6) is 0 Å². The Morgan fingerprint density at radius 2 is 1.33 bits per heavy atom. The molecular formula is C36H23N3. The molecule has 0 aliphatic carbocycles. The quantitative estimate of drug-likeness (QED) is 0.227. The van der Waals surface area contributed by atoms with E-state index in [0.717, 1.165) is 12.1 Å². The van der Waals surface area contributed by atoms with Crippen molar-refractivity contribution in [2.24, 2.45) is 4.99 Å². The molecule has 3 heteroatoms. The first-order valence-electron chi connectivity index (χ1n) is 13.5. The molecule has 0 unspecified atom stereocenters. The van der Waals surface area contributed by atoms with E-state index in [4.69, 9.17) is 0 Å². The summed E-state index contributed by atoms with van der Waals surface area (Å²) in [5.41, 5.74) is 9.66. The molecule has 182 valence electrons. The van der Waals surface area contributed by atoms with Gasteiger partial charge in [-0.15, -0.1) is 0 Å². The van der Waals surface area contributed by atoms with Crippen LogP contribution in [0.3, 0.4) is 0 Å². The molecule has 0 bridgehead atoms. The minimum Gasteiger partial charge on any atom is -0.309 e. The standard InChI is InChI=1S/C36H23N3/c1-2-11-25(12-3-1)38-33-18-17-27-26-13-6-7-15-31(26)39(32-16-8-14-30-28(32)19-20-37-30)36(27)35(33)29-21-23-9-4-5-10-24(23)22-34(29)38/h1-18,20-22H,19H2. The average Bonchev–Trinajstić information content (AvgIpc) is 3.68. The van der Waals surface area contributed by atoms with Crippen molar-refractivity contribution in [1.29, 1.82) is 0 Å². The van der Waals surface area contributed by atoms with Crippen molar-refractivity contribution in [3.8, 4) is 11.4 Å². The van der Waals surface area contributed by atoms with Crippen molar-refractivity contribution in [1.82, 2.24) is 9.13 Å². The van der Waals surface area contributed by atoms with Crippen molar-refractivity contribution < 1.29 is 0 Å². The predicted octanol–water partition coefficient (Wildman–Crippen LogP) is 9.29. The second kappa shape index (κ2) is 7.68. The van der Waals surface area contributed by atoms with Crippen LogP contribution in [-0.2, 0) is 6.42 Å². The van der Waals surface area contributed by atoms with E-state index >= 15 is 0 Å². The molecule has 0 N–H and O–H groups in total. The summed E-state index contributed by atoms with van der Waals surface area (Å²) in [6.45, 7) is 0. The zero-order chi connectivity index (χ0) is 25.5. The number of aromatic nitrogens is 2. The summed E-state index contributed by atoms with van der Waals surface area (Å²) in [5, 5.41) is 7.60. The molecule has 0 saturated carbocycles. The molecular weight excluding hydrogens is 474 g/mol. The molecule has 8 aromatic rings. The molecule has 1 aliphatic rings. The van der Waals surface area contributed by atoms with Crippen LogP contribution in [0.15, 0.2) is 126 Å². The highest BCUT2D eigenvalue weighted by molar-refractivity contribution is 6.27. The second-order valence-corrected chi connectivity index (χ2v) is 10.4. The van der Waals surface area contributed by atoms with E-state index in [1.165, 1.54) is 71.3 Å². The van der Waals surface area contributed by atoms with Gasteiger partial charge in [-0.25, -0.2) is 0 Å². The van der Waals surface area contributed by atoms with Gasteiger partial charge in [0.05, 0.1) is 33.4 Å². The summed E-state index contributed by atoms with van der Waals surface area (Å²) >= 11 is 0. The van der Waals surface area contributed by atoms with Crippen molar-refractivity contribution in [3.63, 3.8) is 0 Å². The van der Waals surface area contributed by atoms with Crippen LogP contribution in [0, 0.1) is 0 Å². The van der Waals surface area contributed by atoms with Gasteiger partial charge in [0.2, 0.25) is 0 Å². The molecule has 0 saturated heterocycles. The maximum atomic E-state index is 4.68. The van der Waals surface area contributed by atoms with Gasteiger partial charge in [-0.1, -0.05) is 72.8 Å². The summed E-state index contributed by atoms with van der Waals surface area (Å²) in [4.78, 5) is 4.68. The van der Waals surface area contributed by atoms with Crippen LogP contribution >= 0.6 is 0 Å². The molecule has 0 radical (unpaired) electrons. The third kappa shape index (κ3) is 2.79. The Hall–Kier alpha value is -5.15. The van der Waals surface area contributed by atoms with Gasteiger partial charge in [0.25, 0.3) is 0 Å². The molecule has 39 heavy (non-hydrogen) atoms. The number of nitrogens with zero attached hydrogens (tertiary/aromatic N) is 3. The van der Waals surface area contributed by atoms with Gasteiger partial charge >= 0.3 is 0 Å². The Labute approximate surface area is 224 Å². The number of hydrogen-bond acceptors (Lipinski definition) is 1. The van der Waals surface area contributed by atoms with Crippen molar-refractivity contribution in [2.45, 2.75) is 6.42 Å². The number of benzene rings is 6. The monoisotopic (exact) mass is 497 g/mol. The van der Waals surface area contributed by atoms with Gasteiger partial charge in [-0.3, -0.25) is 4.99 Å². The highest BCUT2D eigenvalue weighted by Crippen LogP contribution is 2.44. The van der Waals surface area contributed by atoms with Crippen LogP contribution in [0.4, 0.5) is 5.69 Å². The molecule has 0 amide bonds. The fraction of sp³-hybridized carbons (Fsp3) is 0.0278. The molecule has 3 nitrogen and oxygen atoms in total. The fourth-order valence-corrected chi connectivity index (χ4v) is 6.69. The number of fused-ring (bicyclic) bond motifs is 9. The first-order chi connectivity index (χ1) is 19.4. The largest absolute Gasteiger partial charge is 0.309 e. The second-order valence-electron chi connectivity index (χ2n) is 10.4. The maximum absolute atomic E-state index is 4.68. The van der Waals surface area contributed by atoms with E-state index in [1.807, 2.05) is 6.21 Å². The van der Waals surface area contributed by atoms with E-state index in [9.17, 15) is 0 Å². The third-order valence-corrected chi connectivity index (χ3v) is 8.34. The predicted molar refractivity (Wildman–Crippen MR) is 164 cm³/mol. The topological polar surface area (TPSA) is 22.2 Å². The minimum atomic E-state index is 0.853. The SMILES string of the molecule is C1=Nc2cccc(-n3c4ccccc4c4ccc5c(c6cc7ccccc7cc6n5-c5ccccc5)c43)c2C1. The highest BCUT2D eigenvalue weighted by atomic mass is 15.0. The van der Waals surface area contributed by atoms with Crippen LogP contribution in [0.2, 0.25) is 0 Å². The first-order valence-corrected chi connectivity index (χ1v) is 13.5. The highest BCUT2D eigenvalue weighted by Gasteiger charge is 2.23. The molecule has 0 fully saturated rings. The Bertz CT molecular complexity index is 2300. The van der Waals surface area contributed by atoms with Gasteiger partial charge < -0.3 is 9.13 Å². The Kier molecular flexibility index (Phi) is 4.11. The summed E-state index contributed by atoms with van der Waals surface area (Å²) in [6, 6.07) is 44.1. The number of aliphatic imine (C=N–C) groups is 1. The normalized spacial score (nSPS) is 12.9. The zero-order valence-corrected chi connectivity index (χ0v) is 21.2. The lowest BCUT2D eigenvalue weighted by Gasteiger charge is -2.13. The number of rotatable bonds is 2. The van der Waals surface area contributed by atoms with E-state index < -0.39 is 0 Å². The van der Waals surface area contributed by atoms with Crippen LogP contribution in [0.25, 0.3) is 65.8 Å². The van der Waals surface area contributed by atoms with Crippen LogP contribution in [-0.4, -0.2) is 15.3 Å². The number of hydrogen-bond donors (Lipinski definition) is 0. The lowest BCUT2D eigenvalue weighted by molar-refractivity contribution is 1.15. The number of para-hydroxylation sites is 2. The summed E-state index contributed by atoms with van der Waals surface area (Å²) in [6.07, 6.45) is 2.89. The van der Waals surface area contributed by atoms with E-state index in [-0.39, 0.29) is 0 Å². The van der Waals surface area contributed by atoms with E-state index in [0.29, 0.717) is 0 Å². The van der Waals surface area contributed by atoms with Gasteiger partial charge in [0.1, 0.15) is 0 Å². The summed E-state index contributed by atoms with van der Waals surface area (Å²) in [5.74, 6) is 0. The van der Waals surface area contributed by atoms with E-state index in [1.54, 1.807) is 0 Å². The van der Waals surface area contributed by atoms with Gasteiger partial charge in [-0.2, -0.15) is 0 Å². The molecule has 0 spiro atoms. The smallest absolute Gasteiger partial charge is 0.0682 e.